The first-order valence-electron chi connectivity index (χ1n) is 8.97. The van der Waals surface area contributed by atoms with E-state index in [1.807, 2.05) is 0 Å². The van der Waals surface area contributed by atoms with E-state index in [4.69, 9.17) is 4.74 Å². The van der Waals surface area contributed by atoms with E-state index >= 15 is 0 Å². The van der Waals surface area contributed by atoms with Gasteiger partial charge in [-0.2, -0.15) is 17.0 Å². The van der Waals surface area contributed by atoms with Crippen molar-refractivity contribution < 1.29 is 17.9 Å². The zero-order valence-corrected chi connectivity index (χ0v) is 15.7. The van der Waals surface area contributed by atoms with Gasteiger partial charge in [0.25, 0.3) is 10.2 Å². The van der Waals surface area contributed by atoms with Gasteiger partial charge in [0.1, 0.15) is 0 Å². The van der Waals surface area contributed by atoms with Gasteiger partial charge in [-0.25, -0.2) is 0 Å². The second-order valence-electron chi connectivity index (χ2n) is 6.92. The van der Waals surface area contributed by atoms with Gasteiger partial charge in [0.2, 0.25) is 5.91 Å². The lowest BCUT2D eigenvalue weighted by atomic mass is 9.99. The van der Waals surface area contributed by atoms with Crippen LogP contribution in [0, 0.1) is 11.8 Å². The van der Waals surface area contributed by atoms with Gasteiger partial charge in [-0.3, -0.25) is 4.79 Å². The van der Waals surface area contributed by atoms with Crippen LogP contribution in [-0.4, -0.2) is 69.4 Å². The first-order valence-corrected chi connectivity index (χ1v) is 10.4. The smallest absolute Gasteiger partial charge is 0.281 e. The Hall–Kier alpha value is -0.700. The molecule has 0 saturated carbocycles. The Kier molecular flexibility index (Phi) is 7.46. The van der Waals surface area contributed by atoms with Crippen molar-refractivity contribution in [1.29, 1.82) is 0 Å². The summed E-state index contributed by atoms with van der Waals surface area (Å²) in [5.41, 5.74) is 0. The van der Waals surface area contributed by atoms with Crippen LogP contribution in [0.25, 0.3) is 0 Å². The van der Waals surface area contributed by atoms with Crippen LogP contribution in [0.1, 0.15) is 39.0 Å². The van der Waals surface area contributed by atoms with E-state index < -0.39 is 10.2 Å². The molecule has 2 aliphatic rings. The highest BCUT2D eigenvalue weighted by atomic mass is 32.2. The standard InChI is InChI=1S/C16H31N3O4S/c1-14-6-10-18(11-7-14)24(21,22)19-9-3-5-15(13-19)16(20)17-8-4-12-23-2/h14-15H,3-13H2,1-2H3,(H,17,20)/t15-/m0/s1. The van der Waals surface area contributed by atoms with Crippen LogP contribution < -0.4 is 5.32 Å². The number of nitrogens with zero attached hydrogens (tertiary/aromatic N) is 2. The van der Waals surface area contributed by atoms with Gasteiger partial charge in [-0.15, -0.1) is 0 Å². The molecule has 1 amide bonds. The van der Waals surface area contributed by atoms with Crippen LogP contribution in [0.15, 0.2) is 0 Å². The average molecular weight is 362 g/mol. The zero-order chi connectivity index (χ0) is 17.6. The fourth-order valence-electron chi connectivity index (χ4n) is 3.32. The van der Waals surface area contributed by atoms with Gasteiger partial charge in [0.15, 0.2) is 0 Å². The van der Waals surface area contributed by atoms with Crippen LogP contribution >= 0.6 is 0 Å². The van der Waals surface area contributed by atoms with Gasteiger partial charge in [-0.05, 0) is 38.0 Å². The van der Waals surface area contributed by atoms with Gasteiger partial charge < -0.3 is 10.1 Å². The molecule has 2 saturated heterocycles. The predicted molar refractivity (Wildman–Crippen MR) is 92.7 cm³/mol. The highest BCUT2D eigenvalue weighted by Gasteiger charge is 2.36. The van der Waals surface area contributed by atoms with E-state index in [9.17, 15) is 13.2 Å². The van der Waals surface area contributed by atoms with Gasteiger partial charge in [0.05, 0.1) is 5.92 Å². The molecule has 7 nitrogen and oxygen atoms in total. The number of carbonyl (C=O) groups is 1. The Balaban J connectivity index is 1.88. The molecule has 2 heterocycles. The summed E-state index contributed by atoms with van der Waals surface area (Å²) < 4.78 is 33.7. The minimum absolute atomic E-state index is 0.0433. The van der Waals surface area contributed by atoms with Crippen LogP contribution in [0.5, 0.6) is 0 Å². The fourth-order valence-corrected chi connectivity index (χ4v) is 5.04. The second-order valence-corrected chi connectivity index (χ2v) is 8.85. The molecule has 0 radical (unpaired) electrons. The summed E-state index contributed by atoms with van der Waals surface area (Å²) in [6.07, 6.45) is 4.08. The van der Waals surface area contributed by atoms with Crippen molar-refractivity contribution in [2.75, 3.05) is 46.4 Å². The summed E-state index contributed by atoms with van der Waals surface area (Å²) >= 11 is 0. The van der Waals surface area contributed by atoms with Crippen molar-refractivity contribution in [2.24, 2.45) is 11.8 Å². The third-order valence-electron chi connectivity index (χ3n) is 4.97. The number of nitrogens with one attached hydrogen (secondary N) is 1. The summed E-state index contributed by atoms with van der Waals surface area (Å²) in [6.45, 7) is 5.33. The maximum absolute atomic E-state index is 12.8. The van der Waals surface area contributed by atoms with Gasteiger partial charge >= 0.3 is 0 Å². The summed E-state index contributed by atoms with van der Waals surface area (Å²) in [6, 6.07) is 0. The first-order chi connectivity index (χ1) is 11.4. The zero-order valence-electron chi connectivity index (χ0n) is 14.9. The van der Waals surface area contributed by atoms with Crippen molar-refractivity contribution >= 4 is 16.1 Å². The fraction of sp³-hybridized carbons (Fsp3) is 0.938. The van der Waals surface area contributed by atoms with Crippen LogP contribution in [0.2, 0.25) is 0 Å². The third kappa shape index (κ3) is 5.15. The Morgan fingerprint density at radius 3 is 2.54 bits per heavy atom. The summed E-state index contributed by atoms with van der Waals surface area (Å²) in [5, 5.41) is 2.89. The predicted octanol–water partition coefficient (Wildman–Crippen LogP) is 0.828. The number of hydrogen-bond donors (Lipinski definition) is 1. The molecule has 0 bridgehead atoms. The first kappa shape index (κ1) is 19.6. The summed E-state index contributed by atoms with van der Waals surface area (Å²) in [7, 11) is -1.81. The summed E-state index contributed by atoms with van der Waals surface area (Å²) in [5.74, 6) is 0.293. The van der Waals surface area contributed by atoms with Crippen LogP contribution in [0.3, 0.4) is 0 Å². The molecule has 0 aliphatic carbocycles. The Bertz CT molecular complexity index is 503. The maximum Gasteiger partial charge on any atom is 0.281 e. The molecule has 2 fully saturated rings. The van der Waals surface area contributed by atoms with Gasteiger partial charge in [-0.1, -0.05) is 6.92 Å². The molecular weight excluding hydrogens is 330 g/mol. The summed E-state index contributed by atoms with van der Waals surface area (Å²) in [4.78, 5) is 12.3. The Morgan fingerprint density at radius 1 is 1.17 bits per heavy atom. The van der Waals surface area contributed by atoms with Gasteiger partial charge in [0, 0.05) is 46.4 Å². The lowest BCUT2D eigenvalue weighted by molar-refractivity contribution is -0.126. The molecule has 0 unspecified atom stereocenters. The maximum atomic E-state index is 12.8. The molecule has 0 aromatic carbocycles. The Morgan fingerprint density at radius 2 is 1.88 bits per heavy atom. The third-order valence-corrected chi connectivity index (χ3v) is 6.98. The SMILES string of the molecule is COCCCNC(=O)[C@H]1CCCN(S(=O)(=O)N2CCC(C)CC2)C1. The molecule has 1 atom stereocenters. The van der Waals surface area contributed by atoms with E-state index in [0.29, 0.717) is 45.2 Å². The van der Waals surface area contributed by atoms with Crippen molar-refractivity contribution in [1.82, 2.24) is 13.9 Å². The van der Waals surface area contributed by atoms with E-state index in [1.165, 1.54) is 4.31 Å². The number of hydrogen-bond acceptors (Lipinski definition) is 4. The van der Waals surface area contributed by atoms with E-state index in [1.54, 1.807) is 11.4 Å². The molecule has 0 aromatic heterocycles. The molecule has 24 heavy (non-hydrogen) atoms. The molecule has 2 rings (SSSR count). The Labute approximate surface area is 145 Å². The molecule has 1 N–H and O–H groups in total. The lowest BCUT2D eigenvalue weighted by Gasteiger charge is -2.37. The number of amides is 1. The lowest BCUT2D eigenvalue weighted by Crippen LogP contribution is -2.52. The number of carbonyl (C=O) groups excluding carboxylic acids is 1. The molecule has 0 aromatic rings. The molecule has 140 valence electrons. The van der Waals surface area contributed by atoms with E-state index in [-0.39, 0.29) is 11.8 Å². The van der Waals surface area contributed by atoms with Crippen molar-refractivity contribution in [3.05, 3.63) is 0 Å². The number of piperidine rings is 2. The number of methoxy groups -OCH3 is 1. The topological polar surface area (TPSA) is 79.0 Å². The van der Waals surface area contributed by atoms with Crippen molar-refractivity contribution in [3.8, 4) is 0 Å². The van der Waals surface area contributed by atoms with Crippen LogP contribution in [0.4, 0.5) is 0 Å². The molecule has 8 heteroatoms. The monoisotopic (exact) mass is 361 g/mol. The number of rotatable bonds is 7. The minimum Gasteiger partial charge on any atom is -0.385 e. The number of ether oxygens (including phenoxy) is 1. The molecular formula is C16H31N3O4S. The highest BCUT2D eigenvalue weighted by molar-refractivity contribution is 7.86. The quantitative estimate of drug-likeness (QED) is 0.681. The molecule has 2 aliphatic heterocycles. The molecule has 0 spiro atoms. The van der Waals surface area contributed by atoms with Crippen molar-refractivity contribution in [3.63, 3.8) is 0 Å². The highest BCUT2D eigenvalue weighted by Crippen LogP contribution is 2.25. The second kappa shape index (κ2) is 9.12. The minimum atomic E-state index is -3.44. The van der Waals surface area contributed by atoms with Crippen LogP contribution in [-0.2, 0) is 19.7 Å². The largest absolute Gasteiger partial charge is 0.385 e. The normalized spacial score (nSPS) is 24.8. The van der Waals surface area contributed by atoms with E-state index in [2.05, 4.69) is 12.2 Å². The average Bonchev–Trinajstić information content (AvgIpc) is 2.59. The van der Waals surface area contributed by atoms with E-state index in [0.717, 1.165) is 32.1 Å². The van der Waals surface area contributed by atoms with Crippen molar-refractivity contribution in [2.45, 2.75) is 39.0 Å².